The van der Waals surface area contributed by atoms with Crippen LogP contribution in [0.15, 0.2) is 29.2 Å². The molecule has 0 atom stereocenters. The van der Waals surface area contributed by atoms with Gasteiger partial charge in [0, 0.05) is 11.8 Å². The second-order valence-electron chi connectivity index (χ2n) is 2.53. The summed E-state index contributed by atoms with van der Waals surface area (Å²) in [5.41, 5.74) is 0.404. The van der Waals surface area contributed by atoms with Crippen LogP contribution in [0.2, 0.25) is 0 Å². The fraction of sp³-hybridized carbons (Fsp3) is 0.111. The summed E-state index contributed by atoms with van der Waals surface area (Å²) in [6, 6.07) is 6.79. The van der Waals surface area contributed by atoms with E-state index in [0.717, 1.165) is 0 Å². The summed E-state index contributed by atoms with van der Waals surface area (Å²) in [5.74, 6) is -0.792. The summed E-state index contributed by atoms with van der Waals surface area (Å²) in [7, 11) is 0. The maximum Gasteiger partial charge on any atom is 0.258 e. The Balaban J connectivity index is 2.89. The Morgan fingerprint density at radius 1 is 1.31 bits per heavy atom. The van der Waals surface area contributed by atoms with Crippen molar-refractivity contribution in [2.24, 2.45) is 0 Å². The number of thiol groups is 1. The first-order valence-corrected chi connectivity index (χ1v) is 4.16. The Hall–Kier alpha value is -1.29. The molecule has 1 N–H and O–H groups in total. The molecule has 3 nitrogen and oxygen atoms in total. The van der Waals surface area contributed by atoms with E-state index in [4.69, 9.17) is 0 Å². The minimum atomic E-state index is -0.418. The number of benzene rings is 1. The lowest BCUT2D eigenvalue weighted by molar-refractivity contribution is -0.118. The minimum absolute atomic E-state index is 0.374. The van der Waals surface area contributed by atoms with Crippen LogP contribution in [-0.4, -0.2) is 11.8 Å². The number of imide groups is 1. The Bertz CT molecular complexity index is 349. The highest BCUT2D eigenvalue weighted by molar-refractivity contribution is 7.80. The molecule has 4 heteroatoms. The van der Waals surface area contributed by atoms with Crippen molar-refractivity contribution in [2.45, 2.75) is 11.8 Å². The molecule has 0 heterocycles. The summed E-state index contributed by atoms with van der Waals surface area (Å²) in [6.07, 6.45) is 0. The SMILES string of the molecule is CC(=O)NC(=O)c1ccccc1S. The molecule has 1 aromatic carbocycles. The molecule has 0 aliphatic carbocycles. The van der Waals surface area contributed by atoms with E-state index in [-0.39, 0.29) is 5.91 Å². The van der Waals surface area contributed by atoms with Gasteiger partial charge in [0.1, 0.15) is 0 Å². The predicted octanol–water partition coefficient (Wildman–Crippen LogP) is 1.25. The maximum absolute atomic E-state index is 11.3. The summed E-state index contributed by atoms with van der Waals surface area (Å²) < 4.78 is 0. The van der Waals surface area contributed by atoms with Gasteiger partial charge in [-0.3, -0.25) is 14.9 Å². The quantitative estimate of drug-likeness (QED) is 0.662. The van der Waals surface area contributed by atoms with Crippen molar-refractivity contribution in [1.29, 1.82) is 0 Å². The average molecular weight is 195 g/mol. The van der Waals surface area contributed by atoms with Crippen LogP contribution in [-0.2, 0) is 4.79 Å². The molecule has 0 spiro atoms. The van der Waals surface area contributed by atoms with Gasteiger partial charge in [0.15, 0.2) is 0 Å². The Kier molecular flexibility index (Phi) is 3.08. The maximum atomic E-state index is 11.3. The lowest BCUT2D eigenvalue weighted by Crippen LogP contribution is -2.28. The van der Waals surface area contributed by atoms with E-state index in [1.54, 1.807) is 24.3 Å². The van der Waals surface area contributed by atoms with E-state index in [1.165, 1.54) is 6.92 Å². The second kappa shape index (κ2) is 4.09. The second-order valence-corrected chi connectivity index (χ2v) is 3.01. The van der Waals surface area contributed by atoms with Crippen molar-refractivity contribution >= 4 is 24.4 Å². The number of rotatable bonds is 1. The van der Waals surface area contributed by atoms with Crippen LogP contribution in [0.5, 0.6) is 0 Å². The number of amides is 2. The Labute approximate surface area is 81.6 Å². The van der Waals surface area contributed by atoms with Gasteiger partial charge >= 0.3 is 0 Å². The molecule has 0 radical (unpaired) electrons. The third-order valence-corrected chi connectivity index (χ3v) is 1.83. The van der Waals surface area contributed by atoms with E-state index in [1.807, 2.05) is 0 Å². The van der Waals surface area contributed by atoms with Gasteiger partial charge in [0.2, 0.25) is 5.91 Å². The van der Waals surface area contributed by atoms with E-state index in [9.17, 15) is 9.59 Å². The first kappa shape index (κ1) is 9.80. The van der Waals surface area contributed by atoms with Crippen LogP contribution in [0, 0.1) is 0 Å². The van der Waals surface area contributed by atoms with Gasteiger partial charge in [-0.1, -0.05) is 12.1 Å². The monoisotopic (exact) mass is 195 g/mol. The van der Waals surface area contributed by atoms with Gasteiger partial charge in [0.05, 0.1) is 5.56 Å². The van der Waals surface area contributed by atoms with Gasteiger partial charge in [0.25, 0.3) is 5.91 Å². The highest BCUT2D eigenvalue weighted by Crippen LogP contribution is 2.12. The summed E-state index contributed by atoms with van der Waals surface area (Å²) >= 11 is 4.09. The zero-order valence-corrected chi connectivity index (χ0v) is 7.97. The van der Waals surface area contributed by atoms with Crippen LogP contribution in [0.4, 0.5) is 0 Å². The lowest BCUT2D eigenvalue weighted by atomic mass is 10.2. The molecule has 1 rings (SSSR count). The number of nitrogens with one attached hydrogen (secondary N) is 1. The zero-order chi connectivity index (χ0) is 9.84. The van der Waals surface area contributed by atoms with Gasteiger partial charge in [-0.2, -0.15) is 0 Å². The fourth-order valence-corrected chi connectivity index (χ4v) is 1.16. The van der Waals surface area contributed by atoms with Crippen molar-refractivity contribution in [3.8, 4) is 0 Å². The molecular weight excluding hydrogens is 186 g/mol. The van der Waals surface area contributed by atoms with Crippen LogP contribution in [0.3, 0.4) is 0 Å². The van der Waals surface area contributed by atoms with Gasteiger partial charge in [-0.15, -0.1) is 12.6 Å². The van der Waals surface area contributed by atoms with Crippen molar-refractivity contribution in [3.05, 3.63) is 29.8 Å². The first-order chi connectivity index (χ1) is 6.11. The topological polar surface area (TPSA) is 46.2 Å². The smallest absolute Gasteiger partial charge is 0.258 e. The standard InChI is InChI=1S/C9H9NO2S/c1-6(11)10-9(12)7-4-2-3-5-8(7)13/h2-5,13H,1H3,(H,10,11,12). The van der Waals surface area contributed by atoms with Crippen LogP contribution < -0.4 is 5.32 Å². The fourth-order valence-electron chi connectivity index (χ4n) is 0.893. The molecule has 0 saturated carbocycles. The van der Waals surface area contributed by atoms with Crippen molar-refractivity contribution in [3.63, 3.8) is 0 Å². The number of hydrogen-bond acceptors (Lipinski definition) is 3. The van der Waals surface area contributed by atoms with Crippen molar-refractivity contribution < 1.29 is 9.59 Å². The average Bonchev–Trinajstić information content (AvgIpc) is 2.03. The third-order valence-electron chi connectivity index (χ3n) is 1.44. The molecule has 0 saturated heterocycles. The summed E-state index contributed by atoms with van der Waals surface area (Å²) in [5, 5.41) is 2.17. The summed E-state index contributed by atoms with van der Waals surface area (Å²) in [6.45, 7) is 1.29. The van der Waals surface area contributed by atoms with Gasteiger partial charge in [-0.05, 0) is 12.1 Å². The van der Waals surface area contributed by atoms with Crippen LogP contribution >= 0.6 is 12.6 Å². The molecule has 13 heavy (non-hydrogen) atoms. The van der Waals surface area contributed by atoms with E-state index in [0.29, 0.717) is 10.5 Å². The first-order valence-electron chi connectivity index (χ1n) is 3.71. The lowest BCUT2D eigenvalue weighted by Gasteiger charge is -2.02. The highest BCUT2D eigenvalue weighted by Gasteiger charge is 2.08. The molecule has 68 valence electrons. The molecule has 0 bridgehead atoms. The number of carbonyl (C=O) groups is 2. The molecule has 0 unspecified atom stereocenters. The number of carbonyl (C=O) groups excluding carboxylic acids is 2. The largest absolute Gasteiger partial charge is 0.293 e. The van der Waals surface area contributed by atoms with Crippen molar-refractivity contribution in [2.75, 3.05) is 0 Å². The van der Waals surface area contributed by atoms with E-state index < -0.39 is 5.91 Å². The molecule has 0 aromatic heterocycles. The molecule has 0 fully saturated rings. The zero-order valence-electron chi connectivity index (χ0n) is 7.07. The number of hydrogen-bond donors (Lipinski definition) is 2. The van der Waals surface area contributed by atoms with Gasteiger partial charge in [-0.25, -0.2) is 0 Å². The Morgan fingerprint density at radius 3 is 2.46 bits per heavy atom. The predicted molar refractivity (Wildman–Crippen MR) is 51.8 cm³/mol. The minimum Gasteiger partial charge on any atom is -0.293 e. The molecule has 0 aliphatic rings. The molecule has 2 amide bonds. The molecule has 1 aromatic rings. The van der Waals surface area contributed by atoms with E-state index >= 15 is 0 Å². The van der Waals surface area contributed by atoms with E-state index in [2.05, 4.69) is 17.9 Å². The third kappa shape index (κ3) is 2.59. The molecule has 0 aliphatic heterocycles. The molecular formula is C9H9NO2S. The van der Waals surface area contributed by atoms with Crippen LogP contribution in [0.1, 0.15) is 17.3 Å². The summed E-state index contributed by atoms with van der Waals surface area (Å²) in [4.78, 5) is 22.4. The van der Waals surface area contributed by atoms with Crippen molar-refractivity contribution in [1.82, 2.24) is 5.32 Å². The highest BCUT2D eigenvalue weighted by atomic mass is 32.1. The van der Waals surface area contributed by atoms with Crippen LogP contribution in [0.25, 0.3) is 0 Å². The Morgan fingerprint density at radius 2 is 1.92 bits per heavy atom. The van der Waals surface area contributed by atoms with Gasteiger partial charge < -0.3 is 0 Å². The normalized spacial score (nSPS) is 9.38.